The zero-order valence-corrected chi connectivity index (χ0v) is 11.2. The van der Waals surface area contributed by atoms with Gasteiger partial charge in [0.1, 0.15) is 0 Å². The maximum Gasteiger partial charge on any atom is 0.265 e. The quantitative estimate of drug-likeness (QED) is 0.890. The maximum atomic E-state index is 5.41. The fourth-order valence-electron chi connectivity index (χ4n) is 3.18. The van der Waals surface area contributed by atoms with Gasteiger partial charge in [-0.05, 0) is 37.3 Å². The lowest BCUT2D eigenvalue weighted by Crippen LogP contribution is -2.30. The van der Waals surface area contributed by atoms with E-state index in [2.05, 4.69) is 22.4 Å². The van der Waals surface area contributed by atoms with Gasteiger partial charge in [-0.2, -0.15) is 4.98 Å². The largest absolute Gasteiger partial charge is 0.342 e. The van der Waals surface area contributed by atoms with Crippen molar-refractivity contribution in [2.24, 2.45) is 5.92 Å². The molecule has 0 aromatic carbocycles. The normalized spacial score (nSPS) is 31.3. The highest BCUT2D eigenvalue weighted by atomic mass is 16.5. The standard InChI is InChI=1S/C13H22N4O/c1-3-17(2)13-15-12(18-16-13)11-8-9-6-4-5-7-10(9)14-11/h9-11,14H,3-8H2,1-2H3. The third-order valence-electron chi connectivity index (χ3n) is 4.41. The molecule has 1 aromatic heterocycles. The Morgan fingerprint density at radius 3 is 3.00 bits per heavy atom. The molecule has 1 saturated carbocycles. The molecule has 18 heavy (non-hydrogen) atoms. The van der Waals surface area contributed by atoms with Gasteiger partial charge in [0.05, 0.1) is 6.04 Å². The second-order valence-corrected chi connectivity index (χ2v) is 5.55. The lowest BCUT2D eigenvalue weighted by Gasteiger charge is -2.24. The van der Waals surface area contributed by atoms with Crippen LogP contribution in [0.25, 0.3) is 0 Å². The lowest BCUT2D eigenvalue weighted by atomic mass is 9.85. The number of aromatic nitrogens is 2. The van der Waals surface area contributed by atoms with Gasteiger partial charge in [-0.3, -0.25) is 0 Å². The summed E-state index contributed by atoms with van der Waals surface area (Å²) in [6, 6.07) is 0.938. The molecule has 1 aliphatic carbocycles. The molecule has 1 saturated heterocycles. The van der Waals surface area contributed by atoms with Crippen molar-refractivity contribution in [3.63, 3.8) is 0 Å². The van der Waals surface area contributed by atoms with Gasteiger partial charge in [0, 0.05) is 19.6 Å². The van der Waals surface area contributed by atoms with Gasteiger partial charge >= 0.3 is 0 Å². The Bertz CT molecular complexity index is 391. The molecule has 3 rings (SSSR count). The van der Waals surface area contributed by atoms with Crippen LogP contribution in [0.5, 0.6) is 0 Å². The molecule has 5 heteroatoms. The van der Waals surface area contributed by atoms with E-state index in [1.807, 2.05) is 11.9 Å². The minimum atomic E-state index is 0.268. The molecule has 0 radical (unpaired) electrons. The van der Waals surface area contributed by atoms with Crippen molar-refractivity contribution in [1.29, 1.82) is 0 Å². The van der Waals surface area contributed by atoms with Crippen LogP contribution >= 0.6 is 0 Å². The molecule has 1 aromatic rings. The highest BCUT2D eigenvalue weighted by Crippen LogP contribution is 2.38. The van der Waals surface area contributed by atoms with Crippen LogP contribution in [-0.4, -0.2) is 29.8 Å². The molecular formula is C13H22N4O. The summed E-state index contributed by atoms with van der Waals surface area (Å²) in [6.45, 7) is 2.97. The number of nitrogens with one attached hydrogen (secondary N) is 1. The van der Waals surface area contributed by atoms with Gasteiger partial charge in [0.15, 0.2) is 0 Å². The molecule has 1 aliphatic heterocycles. The molecule has 100 valence electrons. The summed E-state index contributed by atoms with van der Waals surface area (Å²) < 4.78 is 5.41. The first kappa shape index (κ1) is 12.0. The predicted molar refractivity (Wildman–Crippen MR) is 69.5 cm³/mol. The van der Waals surface area contributed by atoms with E-state index < -0.39 is 0 Å². The minimum Gasteiger partial charge on any atom is -0.342 e. The predicted octanol–water partition coefficient (Wildman–Crippen LogP) is 2.12. The molecule has 3 atom stereocenters. The average Bonchev–Trinajstić information content (AvgIpc) is 3.03. The summed E-state index contributed by atoms with van der Waals surface area (Å²) in [5.41, 5.74) is 0. The molecular weight excluding hydrogens is 228 g/mol. The third-order valence-corrected chi connectivity index (χ3v) is 4.41. The summed E-state index contributed by atoms with van der Waals surface area (Å²) in [5, 5.41) is 7.71. The van der Waals surface area contributed by atoms with Gasteiger partial charge in [0.2, 0.25) is 5.89 Å². The smallest absolute Gasteiger partial charge is 0.265 e. The van der Waals surface area contributed by atoms with Gasteiger partial charge in [-0.15, -0.1) is 0 Å². The highest BCUT2D eigenvalue weighted by Gasteiger charge is 2.38. The summed E-state index contributed by atoms with van der Waals surface area (Å²) in [4.78, 5) is 6.50. The maximum absolute atomic E-state index is 5.41. The lowest BCUT2D eigenvalue weighted by molar-refractivity contribution is 0.324. The molecule has 2 heterocycles. The molecule has 0 spiro atoms. The summed E-state index contributed by atoms with van der Waals surface area (Å²) in [7, 11) is 1.98. The van der Waals surface area contributed by atoms with Crippen molar-refractivity contribution in [3.8, 4) is 0 Å². The van der Waals surface area contributed by atoms with E-state index in [0.29, 0.717) is 12.0 Å². The Hall–Kier alpha value is -1.10. The van der Waals surface area contributed by atoms with Crippen molar-refractivity contribution in [2.75, 3.05) is 18.5 Å². The van der Waals surface area contributed by atoms with E-state index in [1.54, 1.807) is 0 Å². The van der Waals surface area contributed by atoms with Crippen molar-refractivity contribution in [1.82, 2.24) is 15.5 Å². The van der Waals surface area contributed by atoms with Crippen molar-refractivity contribution in [3.05, 3.63) is 5.89 Å². The molecule has 3 unspecified atom stereocenters. The van der Waals surface area contributed by atoms with Crippen LogP contribution in [0, 0.1) is 5.92 Å². The number of fused-ring (bicyclic) bond motifs is 1. The molecule has 1 N–H and O–H groups in total. The molecule has 2 aliphatic rings. The van der Waals surface area contributed by atoms with Gasteiger partial charge in [-0.25, -0.2) is 0 Å². The number of anilines is 1. The monoisotopic (exact) mass is 250 g/mol. The first-order valence-corrected chi connectivity index (χ1v) is 7.08. The summed E-state index contributed by atoms with van der Waals surface area (Å²) in [5.74, 6) is 2.27. The minimum absolute atomic E-state index is 0.268. The fourth-order valence-corrected chi connectivity index (χ4v) is 3.18. The van der Waals surface area contributed by atoms with Gasteiger partial charge in [-0.1, -0.05) is 12.8 Å². The number of nitrogens with zero attached hydrogens (tertiary/aromatic N) is 3. The van der Waals surface area contributed by atoms with E-state index in [-0.39, 0.29) is 6.04 Å². The average molecular weight is 250 g/mol. The second kappa shape index (κ2) is 4.88. The Balaban J connectivity index is 1.70. The number of hydrogen-bond donors (Lipinski definition) is 1. The van der Waals surface area contributed by atoms with Gasteiger partial charge < -0.3 is 14.7 Å². The molecule has 5 nitrogen and oxygen atoms in total. The Labute approximate surface area is 108 Å². The van der Waals surface area contributed by atoms with E-state index in [0.717, 1.165) is 24.8 Å². The van der Waals surface area contributed by atoms with Crippen LogP contribution in [0.15, 0.2) is 4.52 Å². The topological polar surface area (TPSA) is 54.2 Å². The van der Waals surface area contributed by atoms with E-state index in [9.17, 15) is 0 Å². The summed E-state index contributed by atoms with van der Waals surface area (Å²) >= 11 is 0. The zero-order chi connectivity index (χ0) is 12.5. The SMILES string of the molecule is CCN(C)c1noc(C2CC3CCCCC3N2)n1. The first-order chi connectivity index (χ1) is 8.78. The van der Waals surface area contributed by atoms with E-state index in [4.69, 9.17) is 4.52 Å². The van der Waals surface area contributed by atoms with Crippen molar-refractivity contribution >= 4 is 5.95 Å². The van der Waals surface area contributed by atoms with E-state index in [1.165, 1.54) is 25.7 Å². The molecule has 0 amide bonds. The Morgan fingerprint density at radius 2 is 2.22 bits per heavy atom. The van der Waals surface area contributed by atoms with Crippen LogP contribution in [0.3, 0.4) is 0 Å². The number of hydrogen-bond acceptors (Lipinski definition) is 5. The molecule has 0 bridgehead atoms. The summed E-state index contributed by atoms with van der Waals surface area (Å²) in [6.07, 6.45) is 6.54. The van der Waals surface area contributed by atoms with Crippen LogP contribution in [0.4, 0.5) is 5.95 Å². The van der Waals surface area contributed by atoms with Crippen LogP contribution < -0.4 is 10.2 Å². The van der Waals surface area contributed by atoms with Gasteiger partial charge in [0.25, 0.3) is 5.95 Å². The third kappa shape index (κ3) is 2.11. The fraction of sp³-hybridized carbons (Fsp3) is 0.846. The second-order valence-electron chi connectivity index (χ2n) is 5.55. The number of rotatable bonds is 3. The van der Waals surface area contributed by atoms with Crippen molar-refractivity contribution in [2.45, 2.75) is 51.1 Å². The Kier molecular flexibility index (Phi) is 3.24. The highest BCUT2D eigenvalue weighted by molar-refractivity contribution is 5.25. The first-order valence-electron chi connectivity index (χ1n) is 7.08. The van der Waals surface area contributed by atoms with Crippen LogP contribution in [0.1, 0.15) is 51.0 Å². The van der Waals surface area contributed by atoms with Crippen LogP contribution in [-0.2, 0) is 0 Å². The Morgan fingerprint density at radius 1 is 1.39 bits per heavy atom. The van der Waals surface area contributed by atoms with Crippen molar-refractivity contribution < 1.29 is 4.52 Å². The van der Waals surface area contributed by atoms with E-state index >= 15 is 0 Å². The molecule has 2 fully saturated rings. The zero-order valence-electron chi connectivity index (χ0n) is 11.2. The van der Waals surface area contributed by atoms with Crippen LogP contribution in [0.2, 0.25) is 0 Å².